The van der Waals surface area contributed by atoms with Crippen molar-refractivity contribution in [2.75, 3.05) is 26.7 Å². The number of carbonyl (C=O) groups is 1. The Morgan fingerprint density at radius 1 is 1.55 bits per heavy atom. The zero-order chi connectivity index (χ0) is 14.7. The first kappa shape index (κ1) is 14.5. The molecule has 1 unspecified atom stereocenters. The first-order valence-corrected chi connectivity index (χ1v) is 6.21. The monoisotopic (exact) mass is 286 g/mol. The van der Waals surface area contributed by atoms with Gasteiger partial charge in [-0.3, -0.25) is 4.79 Å². The van der Waals surface area contributed by atoms with E-state index in [9.17, 15) is 18.7 Å². The number of amides is 1. The van der Waals surface area contributed by atoms with E-state index in [-0.39, 0.29) is 24.4 Å². The minimum Gasteiger partial charge on any atom is -0.507 e. The Balaban J connectivity index is 2.25. The van der Waals surface area contributed by atoms with Crippen molar-refractivity contribution < 1.29 is 23.4 Å². The molecule has 0 spiro atoms. The molecule has 0 aliphatic carbocycles. The lowest BCUT2D eigenvalue weighted by Crippen LogP contribution is -2.56. The van der Waals surface area contributed by atoms with E-state index < -0.39 is 18.4 Å². The highest BCUT2D eigenvalue weighted by Gasteiger charge is 2.34. The summed E-state index contributed by atoms with van der Waals surface area (Å²) in [6.07, 6.45) is -2.63. The van der Waals surface area contributed by atoms with Crippen LogP contribution in [0, 0.1) is 0 Å². The first-order valence-electron chi connectivity index (χ1n) is 6.21. The van der Waals surface area contributed by atoms with Crippen LogP contribution in [0.5, 0.6) is 11.5 Å². The van der Waals surface area contributed by atoms with Gasteiger partial charge in [-0.15, -0.1) is 0 Å². The summed E-state index contributed by atoms with van der Waals surface area (Å²) in [5, 5.41) is 12.6. The Morgan fingerprint density at radius 3 is 2.90 bits per heavy atom. The fraction of sp³-hybridized carbons (Fsp3) is 0.462. The number of aromatic hydroxyl groups is 1. The number of nitrogens with one attached hydrogen (secondary N) is 1. The largest absolute Gasteiger partial charge is 0.507 e. The highest BCUT2D eigenvalue weighted by atomic mass is 19.3. The number of halogens is 2. The van der Waals surface area contributed by atoms with Crippen LogP contribution in [-0.2, 0) is 0 Å². The van der Waals surface area contributed by atoms with Crippen molar-refractivity contribution in [2.24, 2.45) is 0 Å². The molecule has 0 saturated carbocycles. The van der Waals surface area contributed by atoms with E-state index in [4.69, 9.17) is 4.74 Å². The summed E-state index contributed by atoms with van der Waals surface area (Å²) < 4.78 is 30.8. The average molecular weight is 286 g/mol. The molecule has 1 aliphatic heterocycles. The number of piperazine rings is 1. The molecule has 0 bridgehead atoms. The molecule has 1 aromatic rings. The van der Waals surface area contributed by atoms with Crippen LogP contribution in [0.2, 0.25) is 0 Å². The van der Waals surface area contributed by atoms with Gasteiger partial charge < -0.3 is 20.1 Å². The fourth-order valence-electron chi connectivity index (χ4n) is 2.18. The Hall–Kier alpha value is -1.89. The average Bonchev–Trinajstić information content (AvgIpc) is 2.46. The smallest absolute Gasteiger partial charge is 0.259 e. The molecular weight excluding hydrogens is 270 g/mol. The van der Waals surface area contributed by atoms with Crippen molar-refractivity contribution in [1.82, 2.24) is 10.2 Å². The number of hydrogen-bond donors (Lipinski definition) is 2. The number of nitrogens with zero attached hydrogens (tertiary/aromatic N) is 1. The number of alkyl halides is 2. The van der Waals surface area contributed by atoms with Gasteiger partial charge in [-0.1, -0.05) is 0 Å². The SMILES string of the molecule is COc1ccc(C(=O)N2CCNCC2C(F)F)c(O)c1. The van der Waals surface area contributed by atoms with Crippen molar-refractivity contribution in [2.45, 2.75) is 12.5 Å². The molecule has 0 radical (unpaired) electrons. The quantitative estimate of drug-likeness (QED) is 0.873. The Morgan fingerprint density at radius 2 is 2.30 bits per heavy atom. The molecule has 7 heteroatoms. The minimum atomic E-state index is -2.63. The van der Waals surface area contributed by atoms with Gasteiger partial charge in [-0.05, 0) is 12.1 Å². The fourth-order valence-corrected chi connectivity index (χ4v) is 2.18. The zero-order valence-electron chi connectivity index (χ0n) is 11.0. The van der Waals surface area contributed by atoms with Crippen LogP contribution in [0.15, 0.2) is 18.2 Å². The maximum Gasteiger partial charge on any atom is 0.259 e. The van der Waals surface area contributed by atoms with E-state index in [2.05, 4.69) is 5.32 Å². The Bertz CT molecular complexity index is 497. The maximum atomic E-state index is 12.9. The molecule has 1 atom stereocenters. The van der Waals surface area contributed by atoms with Crippen LogP contribution in [0.25, 0.3) is 0 Å². The summed E-state index contributed by atoms with van der Waals surface area (Å²) in [6, 6.07) is 2.98. The van der Waals surface area contributed by atoms with Gasteiger partial charge in [0.1, 0.15) is 17.5 Å². The van der Waals surface area contributed by atoms with Crippen LogP contribution >= 0.6 is 0 Å². The van der Waals surface area contributed by atoms with Crippen LogP contribution in [0.3, 0.4) is 0 Å². The van der Waals surface area contributed by atoms with E-state index in [1.807, 2.05) is 0 Å². The molecule has 110 valence electrons. The van der Waals surface area contributed by atoms with E-state index in [0.29, 0.717) is 12.3 Å². The second kappa shape index (κ2) is 6.04. The van der Waals surface area contributed by atoms with Gasteiger partial charge in [0, 0.05) is 25.7 Å². The summed E-state index contributed by atoms with van der Waals surface area (Å²) >= 11 is 0. The molecule has 5 nitrogen and oxygen atoms in total. The van der Waals surface area contributed by atoms with Gasteiger partial charge in [-0.2, -0.15) is 0 Å². The van der Waals surface area contributed by atoms with E-state index in [0.717, 1.165) is 4.90 Å². The number of methoxy groups -OCH3 is 1. The lowest BCUT2D eigenvalue weighted by Gasteiger charge is -2.35. The summed E-state index contributed by atoms with van der Waals surface area (Å²) in [6.45, 7) is 0.672. The maximum absolute atomic E-state index is 12.9. The van der Waals surface area contributed by atoms with Crippen molar-refractivity contribution >= 4 is 5.91 Å². The lowest BCUT2D eigenvalue weighted by atomic mass is 10.1. The van der Waals surface area contributed by atoms with Crippen LogP contribution in [0.4, 0.5) is 8.78 Å². The summed E-state index contributed by atoms with van der Waals surface area (Å²) in [5.74, 6) is -0.484. The molecule has 1 aliphatic rings. The Labute approximate surface area is 115 Å². The van der Waals surface area contributed by atoms with Gasteiger partial charge in [-0.25, -0.2) is 8.78 Å². The highest BCUT2D eigenvalue weighted by Crippen LogP contribution is 2.26. The molecule has 1 fully saturated rings. The third-order valence-corrected chi connectivity index (χ3v) is 3.27. The van der Waals surface area contributed by atoms with Crippen molar-refractivity contribution in [1.29, 1.82) is 0 Å². The number of carbonyl (C=O) groups excluding carboxylic acids is 1. The van der Waals surface area contributed by atoms with Gasteiger partial charge >= 0.3 is 0 Å². The highest BCUT2D eigenvalue weighted by molar-refractivity contribution is 5.97. The van der Waals surface area contributed by atoms with Gasteiger partial charge in [0.2, 0.25) is 0 Å². The predicted octanol–water partition coefficient (Wildman–Crippen LogP) is 1.08. The Kier molecular flexibility index (Phi) is 4.39. The minimum absolute atomic E-state index is 0.00153. The summed E-state index contributed by atoms with van der Waals surface area (Å²) in [5.41, 5.74) is -0.00153. The van der Waals surface area contributed by atoms with E-state index >= 15 is 0 Å². The number of phenolic OH excluding ortho intramolecular Hbond substituents is 1. The number of rotatable bonds is 3. The molecule has 1 aromatic carbocycles. The molecule has 2 rings (SSSR count). The third-order valence-electron chi connectivity index (χ3n) is 3.27. The van der Waals surface area contributed by atoms with Crippen molar-refractivity contribution in [3.8, 4) is 11.5 Å². The molecular formula is C13H16F2N2O3. The third kappa shape index (κ3) is 2.82. The molecule has 1 saturated heterocycles. The van der Waals surface area contributed by atoms with Crippen LogP contribution in [-0.4, -0.2) is 55.1 Å². The summed E-state index contributed by atoms with van der Waals surface area (Å²) in [7, 11) is 1.43. The molecule has 0 aromatic heterocycles. The molecule has 1 heterocycles. The normalized spacial score (nSPS) is 19.2. The zero-order valence-corrected chi connectivity index (χ0v) is 11.0. The second-order valence-electron chi connectivity index (χ2n) is 4.49. The van der Waals surface area contributed by atoms with E-state index in [1.54, 1.807) is 0 Å². The lowest BCUT2D eigenvalue weighted by molar-refractivity contribution is 0.0125. The summed E-state index contributed by atoms with van der Waals surface area (Å²) in [4.78, 5) is 13.4. The predicted molar refractivity (Wildman–Crippen MR) is 68.4 cm³/mol. The van der Waals surface area contributed by atoms with Crippen molar-refractivity contribution in [3.63, 3.8) is 0 Å². The van der Waals surface area contributed by atoms with Gasteiger partial charge in [0.05, 0.1) is 12.7 Å². The van der Waals surface area contributed by atoms with Gasteiger partial charge in [0.25, 0.3) is 12.3 Å². The molecule has 2 N–H and O–H groups in total. The van der Waals surface area contributed by atoms with Gasteiger partial charge in [0.15, 0.2) is 0 Å². The van der Waals surface area contributed by atoms with Crippen LogP contribution < -0.4 is 10.1 Å². The standard InChI is InChI=1S/C13H16F2N2O3/c1-20-8-2-3-9(11(18)6-8)13(19)17-5-4-16-7-10(17)12(14)15/h2-3,6,10,12,16,18H,4-5,7H2,1H3. The first-order chi connectivity index (χ1) is 9.54. The second-order valence-corrected chi connectivity index (χ2v) is 4.49. The van der Waals surface area contributed by atoms with Crippen LogP contribution in [0.1, 0.15) is 10.4 Å². The molecule has 20 heavy (non-hydrogen) atoms. The van der Waals surface area contributed by atoms with Crippen molar-refractivity contribution in [3.05, 3.63) is 23.8 Å². The number of ether oxygens (including phenoxy) is 1. The topological polar surface area (TPSA) is 61.8 Å². The molecule has 1 amide bonds. The van der Waals surface area contributed by atoms with E-state index in [1.165, 1.54) is 25.3 Å². The number of phenols is 1. The number of benzene rings is 1. The number of hydrogen-bond acceptors (Lipinski definition) is 4.